The van der Waals surface area contributed by atoms with Crippen LogP contribution >= 0.6 is 0 Å². The molecule has 0 bridgehead atoms. The van der Waals surface area contributed by atoms with Gasteiger partial charge in [0.1, 0.15) is 17.7 Å². The lowest BCUT2D eigenvalue weighted by Crippen LogP contribution is -2.45. The molecule has 1 aromatic carbocycles. The van der Waals surface area contributed by atoms with Gasteiger partial charge in [-0.05, 0) is 36.8 Å². The van der Waals surface area contributed by atoms with E-state index in [1.54, 1.807) is 29.2 Å². The van der Waals surface area contributed by atoms with Crippen molar-refractivity contribution in [2.24, 2.45) is 5.73 Å². The van der Waals surface area contributed by atoms with Gasteiger partial charge in [-0.15, -0.1) is 0 Å². The summed E-state index contributed by atoms with van der Waals surface area (Å²) < 4.78 is 24.4. The van der Waals surface area contributed by atoms with Crippen molar-refractivity contribution in [2.45, 2.75) is 25.7 Å². The van der Waals surface area contributed by atoms with Gasteiger partial charge in [-0.25, -0.2) is 4.39 Å². The minimum atomic E-state index is -0.296. The van der Waals surface area contributed by atoms with Crippen LogP contribution < -0.4 is 5.73 Å². The fourth-order valence-corrected chi connectivity index (χ4v) is 2.74. The predicted octanol–water partition coefficient (Wildman–Crippen LogP) is 2.48. The van der Waals surface area contributed by atoms with Gasteiger partial charge in [0.25, 0.3) is 5.91 Å². The highest BCUT2D eigenvalue weighted by atomic mass is 19.1. The maximum atomic E-state index is 13.1. The number of hydrogen-bond donors (Lipinski definition) is 1. The van der Waals surface area contributed by atoms with Crippen molar-refractivity contribution in [1.29, 1.82) is 0 Å². The van der Waals surface area contributed by atoms with Gasteiger partial charge in [-0.3, -0.25) is 4.79 Å². The molecule has 0 spiro atoms. The van der Waals surface area contributed by atoms with Gasteiger partial charge in [0.05, 0.1) is 19.2 Å². The minimum absolute atomic E-state index is 0.119. The molecule has 0 radical (unpaired) electrons. The van der Waals surface area contributed by atoms with Crippen LogP contribution in [0.2, 0.25) is 0 Å². The van der Waals surface area contributed by atoms with Crippen LogP contribution in [-0.4, -0.2) is 30.0 Å². The lowest BCUT2D eigenvalue weighted by atomic mass is 10.1. The molecule has 2 atom stereocenters. The monoisotopic (exact) mass is 318 g/mol. The standard InChI is InChI=1S/C17H19FN2O3/c1-11-9-20(17(21)15-7-6-14(8-19)23-15)10-16(22-11)12-2-4-13(18)5-3-12/h2-7,11,16H,8-10,19H2,1H3/t11-,16+/m1/s1. The highest BCUT2D eigenvalue weighted by Crippen LogP contribution is 2.26. The fourth-order valence-electron chi connectivity index (χ4n) is 2.74. The molecule has 2 aromatic rings. The molecule has 1 amide bonds. The summed E-state index contributed by atoms with van der Waals surface area (Å²) in [7, 11) is 0. The predicted molar refractivity (Wildman–Crippen MR) is 82.2 cm³/mol. The number of benzene rings is 1. The van der Waals surface area contributed by atoms with Crippen LogP contribution in [-0.2, 0) is 11.3 Å². The van der Waals surface area contributed by atoms with Crippen LogP contribution in [0.3, 0.4) is 0 Å². The zero-order valence-electron chi connectivity index (χ0n) is 12.9. The Morgan fingerprint density at radius 3 is 2.65 bits per heavy atom. The van der Waals surface area contributed by atoms with Crippen LogP contribution in [0.15, 0.2) is 40.8 Å². The molecule has 2 heterocycles. The maximum Gasteiger partial charge on any atom is 0.289 e. The fraction of sp³-hybridized carbons (Fsp3) is 0.353. The molecule has 23 heavy (non-hydrogen) atoms. The lowest BCUT2D eigenvalue weighted by molar-refractivity contribution is -0.0697. The molecular formula is C17H19FN2O3. The first-order valence-corrected chi connectivity index (χ1v) is 7.56. The van der Waals surface area contributed by atoms with E-state index in [-0.39, 0.29) is 36.2 Å². The molecule has 2 N–H and O–H groups in total. The largest absolute Gasteiger partial charge is 0.455 e. The van der Waals surface area contributed by atoms with Crippen molar-refractivity contribution in [3.63, 3.8) is 0 Å². The quantitative estimate of drug-likeness (QED) is 0.944. The first-order valence-electron chi connectivity index (χ1n) is 7.56. The van der Waals surface area contributed by atoms with E-state index in [1.165, 1.54) is 12.1 Å². The Kier molecular flexibility index (Phi) is 4.45. The smallest absolute Gasteiger partial charge is 0.289 e. The van der Waals surface area contributed by atoms with Gasteiger partial charge in [0.15, 0.2) is 5.76 Å². The van der Waals surface area contributed by atoms with E-state index in [2.05, 4.69) is 0 Å². The SMILES string of the molecule is C[C@@H]1CN(C(=O)c2ccc(CN)o2)C[C@@H](c2ccc(F)cc2)O1. The Morgan fingerprint density at radius 2 is 2.00 bits per heavy atom. The number of rotatable bonds is 3. The topological polar surface area (TPSA) is 68.7 Å². The third kappa shape index (κ3) is 3.43. The number of ether oxygens (including phenoxy) is 1. The Hall–Kier alpha value is -2.18. The summed E-state index contributed by atoms with van der Waals surface area (Å²) in [6.45, 7) is 3.04. The summed E-state index contributed by atoms with van der Waals surface area (Å²) in [5, 5.41) is 0. The van der Waals surface area contributed by atoms with Gasteiger partial charge in [0, 0.05) is 6.54 Å². The molecule has 5 nitrogen and oxygen atoms in total. The normalized spacial score (nSPS) is 21.4. The van der Waals surface area contributed by atoms with E-state index < -0.39 is 0 Å². The van der Waals surface area contributed by atoms with Crippen LogP contribution in [0.5, 0.6) is 0 Å². The molecule has 3 rings (SSSR count). The van der Waals surface area contributed by atoms with E-state index in [1.807, 2.05) is 6.92 Å². The number of hydrogen-bond acceptors (Lipinski definition) is 4. The van der Waals surface area contributed by atoms with E-state index in [0.717, 1.165) is 5.56 Å². The average molecular weight is 318 g/mol. The number of morpholine rings is 1. The van der Waals surface area contributed by atoms with Crippen molar-refractivity contribution in [3.05, 3.63) is 59.3 Å². The maximum absolute atomic E-state index is 13.1. The van der Waals surface area contributed by atoms with Crippen molar-refractivity contribution < 1.29 is 18.3 Å². The summed E-state index contributed by atoms with van der Waals surface area (Å²) in [5.74, 6) is 0.365. The molecule has 1 aliphatic heterocycles. The Morgan fingerprint density at radius 1 is 1.26 bits per heavy atom. The van der Waals surface area contributed by atoms with Gasteiger partial charge in [-0.1, -0.05) is 12.1 Å². The third-order valence-electron chi connectivity index (χ3n) is 3.86. The summed E-state index contributed by atoms with van der Waals surface area (Å²) >= 11 is 0. The number of furan rings is 1. The first-order chi connectivity index (χ1) is 11.1. The van der Waals surface area contributed by atoms with Crippen LogP contribution in [0.1, 0.15) is 34.9 Å². The average Bonchev–Trinajstić information content (AvgIpc) is 3.03. The number of carbonyl (C=O) groups excluding carboxylic acids is 1. The van der Waals surface area contributed by atoms with Crippen LogP contribution in [0, 0.1) is 5.82 Å². The number of carbonyl (C=O) groups is 1. The van der Waals surface area contributed by atoms with Gasteiger partial charge >= 0.3 is 0 Å². The second-order valence-electron chi connectivity index (χ2n) is 5.67. The van der Waals surface area contributed by atoms with Crippen LogP contribution in [0.25, 0.3) is 0 Å². The van der Waals surface area contributed by atoms with E-state index in [0.29, 0.717) is 18.8 Å². The van der Waals surface area contributed by atoms with Crippen molar-refractivity contribution in [2.75, 3.05) is 13.1 Å². The lowest BCUT2D eigenvalue weighted by Gasteiger charge is -2.36. The van der Waals surface area contributed by atoms with Gasteiger partial charge in [0.2, 0.25) is 0 Å². The molecule has 6 heteroatoms. The molecule has 1 saturated heterocycles. The molecule has 0 saturated carbocycles. The zero-order chi connectivity index (χ0) is 16.4. The minimum Gasteiger partial charge on any atom is -0.455 e. The second-order valence-corrected chi connectivity index (χ2v) is 5.67. The Labute approximate surface area is 133 Å². The van der Waals surface area contributed by atoms with Gasteiger partial charge < -0.3 is 19.8 Å². The highest BCUT2D eigenvalue weighted by molar-refractivity contribution is 5.91. The number of amides is 1. The molecule has 122 valence electrons. The van der Waals surface area contributed by atoms with E-state index in [4.69, 9.17) is 14.9 Å². The highest BCUT2D eigenvalue weighted by Gasteiger charge is 2.31. The molecule has 1 fully saturated rings. The second kappa shape index (κ2) is 6.52. The summed E-state index contributed by atoms with van der Waals surface area (Å²) in [5.41, 5.74) is 6.35. The Balaban J connectivity index is 1.77. The molecule has 1 aromatic heterocycles. The van der Waals surface area contributed by atoms with Crippen molar-refractivity contribution in [1.82, 2.24) is 4.90 Å². The first kappa shape index (κ1) is 15.7. The zero-order valence-corrected chi connectivity index (χ0v) is 12.9. The van der Waals surface area contributed by atoms with Gasteiger partial charge in [-0.2, -0.15) is 0 Å². The summed E-state index contributed by atoms with van der Waals surface area (Å²) in [6, 6.07) is 9.49. The number of halogens is 1. The molecule has 1 aliphatic rings. The molecule has 0 unspecified atom stereocenters. The van der Waals surface area contributed by atoms with Crippen molar-refractivity contribution in [3.8, 4) is 0 Å². The summed E-state index contributed by atoms with van der Waals surface area (Å²) in [4.78, 5) is 14.3. The Bertz CT molecular complexity index is 683. The van der Waals surface area contributed by atoms with Crippen molar-refractivity contribution >= 4 is 5.91 Å². The molecule has 0 aliphatic carbocycles. The number of nitrogens with two attached hydrogens (primary N) is 1. The van der Waals surface area contributed by atoms with Crippen LogP contribution in [0.4, 0.5) is 4.39 Å². The summed E-state index contributed by atoms with van der Waals surface area (Å²) in [6.07, 6.45) is -0.404. The van der Waals surface area contributed by atoms with E-state index in [9.17, 15) is 9.18 Å². The van der Waals surface area contributed by atoms with E-state index >= 15 is 0 Å². The third-order valence-corrected chi connectivity index (χ3v) is 3.86. The molecular weight excluding hydrogens is 299 g/mol. The number of nitrogens with zero attached hydrogens (tertiary/aromatic N) is 1.